The van der Waals surface area contributed by atoms with Gasteiger partial charge >= 0.3 is 12.1 Å². The van der Waals surface area contributed by atoms with Crippen molar-refractivity contribution >= 4 is 33.6 Å². The SMILES string of the molecule is C#Cc1cccc2cccc(-c3ncc4c(N5C[C@H]6CC[C@@H](C5)N6C(=O)OC(C)(C)C)nc(OCC56CC(=C)CN5CC(=C)C6)nc4c3F)c12. The highest BCUT2D eigenvalue weighted by Gasteiger charge is 2.48. The Morgan fingerprint density at radius 1 is 1.06 bits per heavy atom. The molecule has 2 bridgehead atoms. The molecule has 0 aliphatic carbocycles. The Hall–Kier alpha value is -5.01. The van der Waals surface area contributed by atoms with Crippen LogP contribution in [0.25, 0.3) is 32.9 Å². The average molecular weight is 673 g/mol. The zero-order valence-electron chi connectivity index (χ0n) is 28.8. The van der Waals surface area contributed by atoms with E-state index in [1.54, 1.807) is 6.20 Å². The van der Waals surface area contributed by atoms with Crippen LogP contribution in [0.2, 0.25) is 0 Å². The van der Waals surface area contributed by atoms with Crippen LogP contribution in [0.4, 0.5) is 15.0 Å². The summed E-state index contributed by atoms with van der Waals surface area (Å²) < 4.78 is 29.2. The molecular formula is C40H41FN6O3. The van der Waals surface area contributed by atoms with E-state index >= 15 is 4.39 Å². The summed E-state index contributed by atoms with van der Waals surface area (Å²) in [5.41, 5.74) is 2.96. The maximum absolute atomic E-state index is 17.0. The minimum absolute atomic E-state index is 0.0746. The molecule has 2 aromatic heterocycles. The van der Waals surface area contributed by atoms with E-state index in [9.17, 15) is 4.79 Å². The van der Waals surface area contributed by atoms with Gasteiger partial charge in [-0.25, -0.2) is 9.18 Å². The quantitative estimate of drug-likeness (QED) is 0.168. The number of carbonyl (C=O) groups excluding carboxylic acids is 1. The first-order valence-electron chi connectivity index (χ1n) is 17.3. The first-order chi connectivity index (χ1) is 23.9. The zero-order chi connectivity index (χ0) is 34.9. The van der Waals surface area contributed by atoms with E-state index in [1.807, 2.05) is 62.1 Å². The molecule has 9 nitrogen and oxygen atoms in total. The van der Waals surface area contributed by atoms with Crippen molar-refractivity contribution in [3.8, 4) is 29.6 Å². The van der Waals surface area contributed by atoms with Gasteiger partial charge in [-0.3, -0.25) is 14.8 Å². The van der Waals surface area contributed by atoms with E-state index in [4.69, 9.17) is 30.8 Å². The summed E-state index contributed by atoms with van der Waals surface area (Å²) in [7, 11) is 0. The van der Waals surface area contributed by atoms with Gasteiger partial charge in [-0.15, -0.1) is 6.42 Å². The molecule has 10 heteroatoms. The van der Waals surface area contributed by atoms with Gasteiger partial charge in [0, 0.05) is 48.9 Å². The number of pyridine rings is 1. The number of nitrogens with zero attached hydrogens (tertiary/aromatic N) is 6. The second-order valence-electron chi connectivity index (χ2n) is 15.3. The van der Waals surface area contributed by atoms with Crippen LogP contribution in [0.5, 0.6) is 6.01 Å². The Kier molecular flexibility index (Phi) is 7.60. The molecule has 4 aromatic rings. The van der Waals surface area contributed by atoms with Crippen LogP contribution in [0.15, 0.2) is 66.9 Å². The molecule has 0 N–H and O–H groups in total. The van der Waals surface area contributed by atoms with Crippen molar-refractivity contribution in [3.63, 3.8) is 0 Å². The number of amides is 1. The highest BCUT2D eigenvalue weighted by molar-refractivity contribution is 6.02. The predicted octanol–water partition coefficient (Wildman–Crippen LogP) is 6.89. The van der Waals surface area contributed by atoms with Crippen molar-refractivity contribution < 1.29 is 18.7 Å². The number of anilines is 1. The summed E-state index contributed by atoms with van der Waals surface area (Å²) in [4.78, 5) is 33.9. The number of aromatic nitrogens is 3. The summed E-state index contributed by atoms with van der Waals surface area (Å²) in [6.45, 7) is 17.1. The lowest BCUT2D eigenvalue weighted by Crippen LogP contribution is -2.57. The largest absolute Gasteiger partial charge is 0.461 e. The van der Waals surface area contributed by atoms with Crippen molar-refractivity contribution in [2.24, 2.45) is 0 Å². The third-order valence-electron chi connectivity index (χ3n) is 10.5. The van der Waals surface area contributed by atoms with Crippen LogP contribution in [-0.2, 0) is 4.74 Å². The van der Waals surface area contributed by atoms with Gasteiger partial charge in [-0.2, -0.15) is 9.97 Å². The van der Waals surface area contributed by atoms with Gasteiger partial charge in [0.1, 0.15) is 29.2 Å². The second-order valence-corrected chi connectivity index (χ2v) is 15.3. The normalized spacial score (nSPS) is 21.6. The number of hydrogen-bond acceptors (Lipinski definition) is 8. The monoisotopic (exact) mass is 672 g/mol. The van der Waals surface area contributed by atoms with Gasteiger partial charge in [0.2, 0.25) is 0 Å². The number of halogens is 1. The van der Waals surface area contributed by atoms with E-state index in [1.165, 1.54) is 0 Å². The number of carbonyl (C=O) groups is 1. The molecule has 0 saturated carbocycles. The van der Waals surface area contributed by atoms with Crippen LogP contribution in [0.1, 0.15) is 52.0 Å². The zero-order valence-corrected chi connectivity index (χ0v) is 28.8. The smallest absolute Gasteiger partial charge is 0.410 e. The molecule has 256 valence electrons. The maximum atomic E-state index is 17.0. The lowest BCUT2D eigenvalue weighted by atomic mass is 9.92. The summed E-state index contributed by atoms with van der Waals surface area (Å²) in [6.07, 6.45) is 10.5. The molecule has 4 saturated heterocycles. The molecule has 0 unspecified atom stereocenters. The fraction of sp³-hybridized carbons (Fsp3) is 0.400. The van der Waals surface area contributed by atoms with E-state index < -0.39 is 11.4 Å². The summed E-state index contributed by atoms with van der Waals surface area (Å²) >= 11 is 0. The van der Waals surface area contributed by atoms with Crippen molar-refractivity contribution in [1.29, 1.82) is 0 Å². The van der Waals surface area contributed by atoms with E-state index in [0.717, 1.165) is 60.7 Å². The Labute approximate surface area is 291 Å². The lowest BCUT2D eigenvalue weighted by Gasteiger charge is -2.42. The molecule has 4 fully saturated rings. The van der Waals surface area contributed by atoms with Crippen LogP contribution < -0.4 is 9.64 Å². The predicted molar refractivity (Wildman–Crippen MR) is 193 cm³/mol. The van der Waals surface area contributed by atoms with Gasteiger partial charge < -0.3 is 14.4 Å². The second kappa shape index (κ2) is 11.8. The van der Waals surface area contributed by atoms with Crippen LogP contribution in [0, 0.1) is 18.2 Å². The number of hydrogen-bond donors (Lipinski definition) is 0. The minimum atomic E-state index is -0.596. The molecule has 2 atom stereocenters. The third kappa shape index (κ3) is 5.44. The number of terminal acetylenes is 1. The molecule has 6 heterocycles. The Bertz CT molecular complexity index is 2090. The van der Waals surface area contributed by atoms with Crippen molar-refractivity contribution in [3.05, 3.63) is 78.3 Å². The molecule has 4 aliphatic heterocycles. The standard InChI is InChI=1S/C40H41FN6O3/c1-7-26-10-8-11-27-12-9-13-30(32(26)27)34-33(41)35-31(18-42-34)36(45-21-28-14-15-29(22-45)47(28)38(48)50-39(4,5)6)44-37(43-35)49-23-40-16-24(2)19-46(40)20-25(3)17-40/h1,8-13,18,28-29H,2-3,14-17,19-23H2,4-6H3/t28-,29+. The lowest BCUT2D eigenvalue weighted by molar-refractivity contribution is 0.0122. The van der Waals surface area contributed by atoms with Gasteiger partial charge in [-0.05, 0) is 57.9 Å². The molecule has 0 radical (unpaired) electrons. The molecular weight excluding hydrogens is 631 g/mol. The van der Waals surface area contributed by atoms with E-state index in [0.29, 0.717) is 42.0 Å². The first kappa shape index (κ1) is 32.2. The number of ether oxygens (including phenoxy) is 2. The molecule has 4 aliphatic rings. The van der Waals surface area contributed by atoms with Gasteiger partial charge in [0.05, 0.1) is 23.0 Å². The number of fused-ring (bicyclic) bond motifs is 5. The Balaban J connectivity index is 1.21. The number of piperazine rings is 1. The minimum Gasteiger partial charge on any atom is -0.461 e. The van der Waals surface area contributed by atoms with Crippen molar-refractivity contribution in [2.45, 2.75) is 69.7 Å². The summed E-state index contributed by atoms with van der Waals surface area (Å²) in [5, 5.41) is 2.13. The van der Waals surface area contributed by atoms with Crippen molar-refractivity contribution in [1.82, 2.24) is 24.8 Å². The number of rotatable bonds is 5. The fourth-order valence-electron chi connectivity index (χ4n) is 8.51. The molecule has 1 amide bonds. The van der Waals surface area contributed by atoms with Crippen LogP contribution >= 0.6 is 0 Å². The molecule has 2 aromatic carbocycles. The van der Waals surface area contributed by atoms with Gasteiger partial charge in [0.15, 0.2) is 5.82 Å². The Morgan fingerprint density at radius 2 is 1.74 bits per heavy atom. The van der Waals surface area contributed by atoms with Gasteiger partial charge in [0.25, 0.3) is 0 Å². The summed E-state index contributed by atoms with van der Waals surface area (Å²) in [6, 6.07) is 11.3. The van der Waals surface area contributed by atoms with Crippen LogP contribution in [-0.4, -0.2) is 86.9 Å². The van der Waals surface area contributed by atoms with E-state index in [-0.39, 0.29) is 40.9 Å². The highest BCUT2D eigenvalue weighted by Crippen LogP contribution is 2.44. The average Bonchev–Trinajstić information content (AvgIpc) is 3.64. The topological polar surface area (TPSA) is 83.9 Å². The fourth-order valence-corrected chi connectivity index (χ4v) is 8.51. The third-order valence-corrected chi connectivity index (χ3v) is 10.5. The maximum Gasteiger partial charge on any atom is 0.410 e. The number of benzene rings is 2. The molecule has 8 rings (SSSR count). The summed E-state index contributed by atoms with van der Waals surface area (Å²) in [5.74, 6) is 2.71. The van der Waals surface area contributed by atoms with Gasteiger partial charge in [-0.1, -0.05) is 60.6 Å². The van der Waals surface area contributed by atoms with Crippen LogP contribution in [0.3, 0.4) is 0 Å². The first-order valence-corrected chi connectivity index (χ1v) is 17.3. The Morgan fingerprint density at radius 3 is 2.40 bits per heavy atom. The highest BCUT2D eigenvalue weighted by atomic mass is 19.1. The van der Waals surface area contributed by atoms with Crippen molar-refractivity contribution in [2.75, 3.05) is 37.7 Å². The molecule has 50 heavy (non-hydrogen) atoms. The molecule has 0 spiro atoms. The van der Waals surface area contributed by atoms with E-state index in [2.05, 4.69) is 28.9 Å².